The molecule has 192 valence electrons. The lowest BCUT2D eigenvalue weighted by Gasteiger charge is -2.41. The van der Waals surface area contributed by atoms with Crippen LogP contribution in [0.2, 0.25) is 0 Å². The Balaban J connectivity index is 1.50. The summed E-state index contributed by atoms with van der Waals surface area (Å²) in [5.74, 6) is -2.85. The number of aryl methyl sites for hydroxylation is 2. The van der Waals surface area contributed by atoms with Gasteiger partial charge >= 0.3 is 5.97 Å². The van der Waals surface area contributed by atoms with Crippen molar-refractivity contribution in [3.05, 3.63) is 62.8 Å². The van der Waals surface area contributed by atoms with Gasteiger partial charge in [0.1, 0.15) is 28.2 Å². The van der Waals surface area contributed by atoms with Gasteiger partial charge in [-0.2, -0.15) is 0 Å². The van der Waals surface area contributed by atoms with Gasteiger partial charge in [-0.3, -0.25) is 14.5 Å². The first-order chi connectivity index (χ1) is 18.1. The summed E-state index contributed by atoms with van der Waals surface area (Å²) in [6.07, 6.45) is 1.13. The zero-order valence-corrected chi connectivity index (χ0v) is 20.1. The second-order valence-corrected chi connectivity index (χ2v) is 10.2. The molecule has 3 heterocycles. The van der Waals surface area contributed by atoms with Gasteiger partial charge in [0.15, 0.2) is 17.4 Å². The van der Waals surface area contributed by atoms with E-state index in [4.69, 9.17) is 9.15 Å². The number of amides is 1. The van der Waals surface area contributed by atoms with E-state index in [1.54, 1.807) is 19.1 Å². The second-order valence-electron chi connectivity index (χ2n) is 10.2. The highest BCUT2D eigenvalue weighted by Gasteiger charge is 2.54. The first-order valence-electron chi connectivity index (χ1n) is 12.1. The zero-order valence-electron chi connectivity index (χ0n) is 20.1. The lowest BCUT2D eigenvalue weighted by molar-refractivity contribution is -0.142. The number of hydrogen-bond donors (Lipinski definition) is 4. The molecule has 38 heavy (non-hydrogen) atoms. The van der Waals surface area contributed by atoms with Gasteiger partial charge in [0.25, 0.3) is 5.91 Å². The molecule has 10 nitrogen and oxygen atoms in total. The maximum Gasteiger partial charge on any atom is 0.328 e. The summed E-state index contributed by atoms with van der Waals surface area (Å²) in [6.45, 7) is 1.49. The van der Waals surface area contributed by atoms with E-state index >= 15 is 0 Å². The van der Waals surface area contributed by atoms with Crippen LogP contribution in [0.4, 0.5) is 0 Å². The molecule has 1 saturated heterocycles. The highest BCUT2D eigenvalue weighted by atomic mass is 16.5. The van der Waals surface area contributed by atoms with Crippen molar-refractivity contribution in [1.29, 1.82) is 0 Å². The summed E-state index contributed by atoms with van der Waals surface area (Å²) < 4.78 is 11.6. The summed E-state index contributed by atoms with van der Waals surface area (Å²) in [6, 6.07) is 6.57. The van der Waals surface area contributed by atoms with Crippen LogP contribution in [-0.4, -0.2) is 55.6 Å². The third kappa shape index (κ3) is 2.72. The second kappa shape index (κ2) is 7.26. The third-order valence-corrected chi connectivity index (χ3v) is 8.01. The molecule has 2 aliphatic heterocycles. The van der Waals surface area contributed by atoms with E-state index in [1.165, 1.54) is 18.2 Å². The first-order valence-corrected chi connectivity index (χ1v) is 12.1. The molecule has 3 aliphatic rings. The van der Waals surface area contributed by atoms with Gasteiger partial charge in [-0.1, -0.05) is 12.1 Å². The summed E-state index contributed by atoms with van der Waals surface area (Å²) in [4.78, 5) is 40.0. The van der Waals surface area contributed by atoms with E-state index in [2.05, 4.69) is 0 Å². The van der Waals surface area contributed by atoms with Crippen molar-refractivity contribution < 1.29 is 39.2 Å². The van der Waals surface area contributed by atoms with Crippen LogP contribution in [0.1, 0.15) is 34.0 Å². The Morgan fingerprint density at radius 3 is 2.45 bits per heavy atom. The molecule has 0 spiro atoms. The lowest BCUT2D eigenvalue weighted by atomic mass is 9.79. The maximum atomic E-state index is 13.6. The number of carboxylic acid groups (broad SMARTS) is 1. The van der Waals surface area contributed by atoms with Crippen molar-refractivity contribution in [3.8, 4) is 28.4 Å². The standard InChI is InChI=1S/C28H21NO9/c1-28-9-13-7-11-5-6-12-8-17-21(22(31)14-3-2-4-16(30)25(14)38-17)24(33)19(12)18(11)23(32)20(13)26(34)29(28)15(10-37-28)27(35)36/h2-4,7-8,15,30,32-33H,5-6,9-10H2,1H3,(H,35,36)/t15-,28-/m1/s1. The van der Waals surface area contributed by atoms with Gasteiger partial charge in [-0.15, -0.1) is 0 Å². The molecule has 0 unspecified atom stereocenters. The van der Waals surface area contributed by atoms with Crippen molar-refractivity contribution in [2.24, 2.45) is 0 Å². The zero-order chi connectivity index (χ0) is 26.7. The molecule has 2 atom stereocenters. The number of para-hydroxylation sites is 1. The SMILES string of the molecule is C[C@@]12Cc3cc4c(c(O)c3C(=O)N1[C@@H](C(=O)O)CO2)-c1c(cc2oc3c(O)cccc3c(=O)c2c1O)CC4. The molecule has 4 N–H and O–H groups in total. The molecule has 0 bridgehead atoms. The summed E-state index contributed by atoms with van der Waals surface area (Å²) in [5, 5.41) is 42.8. The van der Waals surface area contributed by atoms with Crippen molar-refractivity contribution in [2.45, 2.75) is 38.0 Å². The van der Waals surface area contributed by atoms with Crippen molar-refractivity contribution in [2.75, 3.05) is 6.61 Å². The average Bonchev–Trinajstić information content (AvgIpc) is 3.22. The number of phenolic OH excluding ortho intramolecular Hbond substituents is 3. The van der Waals surface area contributed by atoms with Crippen LogP contribution in [0.15, 0.2) is 39.5 Å². The van der Waals surface area contributed by atoms with Gasteiger partial charge in [-0.05, 0) is 54.7 Å². The minimum atomic E-state index is -1.21. The van der Waals surface area contributed by atoms with Crippen LogP contribution in [0.5, 0.6) is 17.2 Å². The number of carbonyl (C=O) groups excluding carboxylic acids is 1. The van der Waals surface area contributed by atoms with Crippen molar-refractivity contribution in [3.63, 3.8) is 0 Å². The topological polar surface area (TPSA) is 158 Å². The molecule has 1 fully saturated rings. The van der Waals surface area contributed by atoms with Gasteiger partial charge in [-0.25, -0.2) is 4.79 Å². The van der Waals surface area contributed by atoms with E-state index in [-0.39, 0.29) is 63.2 Å². The summed E-state index contributed by atoms with van der Waals surface area (Å²) >= 11 is 0. The Labute approximate surface area is 213 Å². The number of phenols is 3. The molecule has 4 aromatic rings. The summed E-state index contributed by atoms with van der Waals surface area (Å²) in [5.41, 5.74) is 0.598. The molecule has 0 saturated carbocycles. The number of nitrogens with zero attached hydrogens (tertiary/aromatic N) is 1. The maximum absolute atomic E-state index is 13.6. The lowest BCUT2D eigenvalue weighted by Crippen LogP contribution is -2.56. The summed E-state index contributed by atoms with van der Waals surface area (Å²) in [7, 11) is 0. The van der Waals surface area contributed by atoms with Crippen molar-refractivity contribution in [1.82, 2.24) is 4.90 Å². The van der Waals surface area contributed by atoms with Crippen molar-refractivity contribution >= 4 is 33.8 Å². The number of ether oxygens (including phenoxy) is 1. The number of fused-ring (bicyclic) bond motifs is 7. The van der Waals surface area contributed by atoms with Crippen LogP contribution >= 0.6 is 0 Å². The number of carboxylic acids is 1. The van der Waals surface area contributed by atoms with E-state index in [0.717, 1.165) is 4.90 Å². The molecular weight excluding hydrogens is 494 g/mol. The molecule has 1 amide bonds. The van der Waals surface area contributed by atoms with Crippen LogP contribution in [0.25, 0.3) is 33.1 Å². The Hall–Kier alpha value is -4.57. The fourth-order valence-corrected chi connectivity index (χ4v) is 6.32. The highest BCUT2D eigenvalue weighted by Crippen LogP contribution is 2.51. The smallest absolute Gasteiger partial charge is 0.328 e. The van der Waals surface area contributed by atoms with E-state index in [1.807, 2.05) is 0 Å². The van der Waals surface area contributed by atoms with E-state index < -0.39 is 34.8 Å². The molecule has 1 aliphatic carbocycles. The van der Waals surface area contributed by atoms with Crippen LogP contribution < -0.4 is 5.43 Å². The number of rotatable bonds is 1. The molecular formula is C28H21NO9. The number of aromatic hydroxyl groups is 3. The highest BCUT2D eigenvalue weighted by molar-refractivity contribution is 6.07. The van der Waals surface area contributed by atoms with Crippen LogP contribution in [-0.2, 0) is 28.8 Å². The predicted molar refractivity (Wildman–Crippen MR) is 133 cm³/mol. The number of hydrogen-bond acceptors (Lipinski definition) is 8. The molecule has 0 radical (unpaired) electrons. The number of carbonyl (C=O) groups is 2. The minimum absolute atomic E-state index is 0.00642. The van der Waals surface area contributed by atoms with E-state index in [9.17, 15) is 34.8 Å². The fraction of sp³-hybridized carbons (Fsp3) is 0.250. The van der Waals surface area contributed by atoms with Gasteiger partial charge in [0.2, 0.25) is 5.43 Å². The first kappa shape index (κ1) is 22.6. The van der Waals surface area contributed by atoms with Gasteiger partial charge < -0.3 is 29.6 Å². The van der Waals surface area contributed by atoms with E-state index in [0.29, 0.717) is 29.5 Å². The molecule has 3 aromatic carbocycles. The van der Waals surface area contributed by atoms with Gasteiger partial charge in [0, 0.05) is 17.5 Å². The average molecular weight is 515 g/mol. The number of aliphatic carboxylic acids is 1. The Bertz CT molecular complexity index is 1840. The van der Waals surface area contributed by atoms with Gasteiger partial charge in [0.05, 0.1) is 17.6 Å². The largest absolute Gasteiger partial charge is 0.506 e. The third-order valence-electron chi connectivity index (χ3n) is 8.01. The Morgan fingerprint density at radius 1 is 1.00 bits per heavy atom. The fourth-order valence-electron chi connectivity index (χ4n) is 6.32. The molecule has 7 rings (SSSR count). The predicted octanol–water partition coefficient (Wildman–Crippen LogP) is 3.03. The number of benzene rings is 3. The Kier molecular flexibility index (Phi) is 4.32. The normalized spacial score (nSPS) is 21.8. The molecule has 10 heteroatoms. The monoisotopic (exact) mass is 515 g/mol. The molecule has 1 aromatic heterocycles. The minimum Gasteiger partial charge on any atom is -0.506 e. The quantitative estimate of drug-likeness (QED) is 0.280. The van der Waals surface area contributed by atoms with Crippen LogP contribution in [0.3, 0.4) is 0 Å². The Morgan fingerprint density at radius 2 is 1.71 bits per heavy atom. The van der Waals surface area contributed by atoms with Crippen LogP contribution in [0, 0.1) is 0 Å².